The highest BCUT2D eigenvalue weighted by Gasteiger charge is 2.22. The van der Waals surface area contributed by atoms with Crippen LogP contribution in [0.4, 0.5) is 0 Å². The second-order valence-electron chi connectivity index (χ2n) is 1.51. The summed E-state index contributed by atoms with van der Waals surface area (Å²) in [5, 5.41) is 0.273. The summed E-state index contributed by atoms with van der Waals surface area (Å²) in [6.07, 6.45) is 0. The lowest BCUT2D eigenvalue weighted by Crippen LogP contribution is -2.23. The molecule has 1 heterocycles. The van der Waals surface area contributed by atoms with Crippen LogP contribution in [0, 0.1) is 0 Å². The first-order valence-electron chi connectivity index (χ1n) is 2.15. The minimum Gasteiger partial charge on any atom is -0.461 e. The zero-order valence-electron chi connectivity index (χ0n) is 4.38. The molecule has 1 amide bonds. The van der Waals surface area contributed by atoms with Crippen molar-refractivity contribution in [1.29, 1.82) is 0 Å². The van der Waals surface area contributed by atoms with E-state index in [1.54, 1.807) is 7.05 Å². The molecular weight excluding hydrogens is 126 g/mol. The van der Waals surface area contributed by atoms with Crippen molar-refractivity contribution in [3.63, 3.8) is 0 Å². The van der Waals surface area contributed by atoms with E-state index in [0.29, 0.717) is 0 Å². The van der Waals surface area contributed by atoms with E-state index >= 15 is 0 Å². The summed E-state index contributed by atoms with van der Waals surface area (Å²) in [7, 11) is 1.59. The quantitative estimate of drug-likeness (QED) is 0.425. The van der Waals surface area contributed by atoms with Gasteiger partial charge in [0.2, 0.25) is 0 Å². The molecule has 1 fully saturated rings. The molecule has 0 aromatic rings. The minimum atomic E-state index is -0.0741. The molecule has 0 bridgehead atoms. The first-order valence-corrected chi connectivity index (χ1v) is 2.56. The van der Waals surface area contributed by atoms with Crippen LogP contribution in [0.2, 0.25) is 0 Å². The Morgan fingerprint density at radius 3 is 2.62 bits per heavy atom. The predicted octanol–water partition coefficient (Wildman–Crippen LogP) is -0.240. The number of nitrogens with zero attached hydrogens (tertiary/aromatic N) is 1. The number of amides is 1. The molecule has 4 heteroatoms. The third-order valence-corrected chi connectivity index (χ3v) is 1.36. The van der Waals surface area contributed by atoms with Gasteiger partial charge in [0.1, 0.15) is 0 Å². The van der Waals surface area contributed by atoms with Crippen LogP contribution >= 0.6 is 12.2 Å². The van der Waals surface area contributed by atoms with Gasteiger partial charge < -0.3 is 4.74 Å². The molecule has 3 nitrogen and oxygen atoms in total. The number of hydrogen-bond acceptors (Lipinski definition) is 3. The molecule has 1 rings (SSSR count). The molecule has 0 atom stereocenters. The van der Waals surface area contributed by atoms with E-state index in [1.807, 2.05) is 0 Å². The zero-order valence-corrected chi connectivity index (χ0v) is 5.20. The fourth-order valence-corrected chi connectivity index (χ4v) is 0.580. The Kier molecular flexibility index (Phi) is 1.17. The summed E-state index contributed by atoms with van der Waals surface area (Å²) in [6.45, 7) is 0.106. The molecule has 0 aromatic heterocycles. The van der Waals surface area contributed by atoms with Crippen LogP contribution in [0.1, 0.15) is 0 Å². The van der Waals surface area contributed by atoms with Gasteiger partial charge >= 0.3 is 0 Å². The molecule has 1 aliphatic heterocycles. The van der Waals surface area contributed by atoms with Gasteiger partial charge in [-0.2, -0.15) is 0 Å². The summed E-state index contributed by atoms with van der Waals surface area (Å²) in [5.41, 5.74) is 0. The highest BCUT2D eigenvalue weighted by atomic mass is 32.1. The molecule has 0 saturated carbocycles. The van der Waals surface area contributed by atoms with Crippen molar-refractivity contribution in [1.82, 2.24) is 4.90 Å². The third kappa shape index (κ3) is 0.667. The monoisotopic (exact) mass is 131 g/mol. The molecule has 0 aromatic carbocycles. The van der Waals surface area contributed by atoms with Crippen molar-refractivity contribution >= 4 is 23.3 Å². The Bertz CT molecular complexity index is 129. The van der Waals surface area contributed by atoms with Crippen LogP contribution in [0.5, 0.6) is 0 Å². The molecular formula is C4H5NO2S. The summed E-state index contributed by atoms with van der Waals surface area (Å²) in [4.78, 5) is 11.8. The average Bonchev–Trinajstić information content (AvgIpc) is 1.98. The summed E-state index contributed by atoms with van der Waals surface area (Å²) in [5.74, 6) is -0.0741. The number of thiocarbonyl (C=S) groups is 1. The maximum absolute atomic E-state index is 10.5. The van der Waals surface area contributed by atoms with Crippen molar-refractivity contribution in [3.05, 3.63) is 0 Å². The number of hydrogen-bond donors (Lipinski definition) is 0. The smallest absolute Gasteiger partial charge is 0.267 e. The van der Waals surface area contributed by atoms with Gasteiger partial charge in [-0.25, -0.2) is 0 Å². The number of ether oxygens (including phenoxy) is 1. The van der Waals surface area contributed by atoms with Crippen molar-refractivity contribution in [2.75, 3.05) is 13.7 Å². The van der Waals surface area contributed by atoms with E-state index < -0.39 is 0 Å². The molecule has 0 unspecified atom stereocenters. The van der Waals surface area contributed by atoms with Crippen molar-refractivity contribution in [2.24, 2.45) is 0 Å². The van der Waals surface area contributed by atoms with E-state index in [1.165, 1.54) is 4.90 Å². The molecule has 0 N–H and O–H groups in total. The molecule has 1 aliphatic rings. The lowest BCUT2D eigenvalue weighted by atomic mass is 10.6. The van der Waals surface area contributed by atoms with E-state index in [4.69, 9.17) is 0 Å². The first-order chi connectivity index (χ1) is 3.72. The lowest BCUT2D eigenvalue weighted by molar-refractivity contribution is -0.124. The second kappa shape index (κ2) is 1.70. The van der Waals surface area contributed by atoms with Crippen LogP contribution in [-0.2, 0) is 9.53 Å². The van der Waals surface area contributed by atoms with E-state index in [0.717, 1.165) is 0 Å². The Labute approximate surface area is 52.2 Å². The summed E-state index contributed by atoms with van der Waals surface area (Å²) in [6, 6.07) is 0. The van der Waals surface area contributed by atoms with Crippen LogP contribution in [0.25, 0.3) is 0 Å². The second-order valence-corrected chi connectivity index (χ2v) is 1.86. The van der Waals surface area contributed by atoms with Crippen LogP contribution in [0.3, 0.4) is 0 Å². The van der Waals surface area contributed by atoms with Crippen molar-refractivity contribution in [2.45, 2.75) is 0 Å². The zero-order chi connectivity index (χ0) is 6.15. The predicted molar refractivity (Wildman–Crippen MR) is 31.3 cm³/mol. The van der Waals surface area contributed by atoms with Gasteiger partial charge in [0.25, 0.3) is 11.1 Å². The number of carbonyl (C=O) groups is 1. The summed E-state index contributed by atoms with van der Waals surface area (Å²) < 4.78 is 4.69. The van der Waals surface area contributed by atoms with Gasteiger partial charge in [-0.1, -0.05) is 0 Å². The van der Waals surface area contributed by atoms with E-state index in [-0.39, 0.29) is 17.7 Å². The van der Waals surface area contributed by atoms with Crippen LogP contribution in [-0.4, -0.2) is 29.6 Å². The van der Waals surface area contributed by atoms with Gasteiger partial charge in [0.05, 0.1) is 0 Å². The highest BCUT2D eigenvalue weighted by molar-refractivity contribution is 7.80. The van der Waals surface area contributed by atoms with Crippen LogP contribution in [0.15, 0.2) is 0 Å². The molecule has 0 radical (unpaired) electrons. The summed E-state index contributed by atoms with van der Waals surface area (Å²) >= 11 is 4.60. The Balaban J connectivity index is 2.70. The average molecular weight is 131 g/mol. The first kappa shape index (κ1) is 5.50. The fraction of sp³-hybridized carbons (Fsp3) is 0.500. The number of carbonyl (C=O) groups excluding carboxylic acids is 1. The van der Waals surface area contributed by atoms with Crippen molar-refractivity contribution in [3.8, 4) is 0 Å². The molecule has 44 valence electrons. The Hall–Kier alpha value is -0.640. The SMILES string of the molecule is CN1C(=O)COC1=S. The maximum atomic E-state index is 10.5. The van der Waals surface area contributed by atoms with Gasteiger partial charge in [-0.05, 0) is 12.2 Å². The standard InChI is InChI=1S/C4H5NO2S/c1-5-3(6)2-7-4(5)8/h2H2,1H3. The van der Waals surface area contributed by atoms with Gasteiger partial charge in [0, 0.05) is 7.05 Å². The highest BCUT2D eigenvalue weighted by Crippen LogP contribution is 2.00. The largest absolute Gasteiger partial charge is 0.461 e. The maximum Gasteiger partial charge on any atom is 0.267 e. The van der Waals surface area contributed by atoms with E-state index in [2.05, 4.69) is 17.0 Å². The Morgan fingerprint density at radius 2 is 2.50 bits per heavy atom. The minimum absolute atomic E-state index is 0.0741. The van der Waals surface area contributed by atoms with Crippen molar-refractivity contribution < 1.29 is 9.53 Å². The number of likely N-dealkylation sites (N-methyl/N-ethyl adjacent to an activating group) is 1. The molecule has 8 heavy (non-hydrogen) atoms. The molecule has 0 aliphatic carbocycles. The number of rotatable bonds is 0. The third-order valence-electron chi connectivity index (χ3n) is 0.967. The van der Waals surface area contributed by atoms with Crippen LogP contribution < -0.4 is 0 Å². The molecule has 1 saturated heterocycles. The fourth-order valence-electron chi connectivity index (χ4n) is 0.419. The van der Waals surface area contributed by atoms with Gasteiger partial charge in [-0.3, -0.25) is 9.69 Å². The van der Waals surface area contributed by atoms with Gasteiger partial charge in [0.15, 0.2) is 6.61 Å². The molecule has 0 spiro atoms. The van der Waals surface area contributed by atoms with E-state index in [9.17, 15) is 4.79 Å². The normalized spacial score (nSPS) is 19.4. The van der Waals surface area contributed by atoms with Gasteiger partial charge in [-0.15, -0.1) is 0 Å². The lowest BCUT2D eigenvalue weighted by Gasteiger charge is -2.00. The topological polar surface area (TPSA) is 29.5 Å². The Morgan fingerprint density at radius 1 is 1.88 bits per heavy atom.